The summed E-state index contributed by atoms with van der Waals surface area (Å²) in [4.78, 5) is 26.3. The van der Waals surface area contributed by atoms with Crippen LogP contribution in [0, 0.1) is 6.92 Å². The number of amides is 1. The van der Waals surface area contributed by atoms with E-state index in [4.69, 9.17) is 21.7 Å². The maximum Gasteiger partial charge on any atom is 0.308 e. The highest BCUT2D eigenvalue weighted by Gasteiger charge is 2.34. The minimum atomic E-state index is -0.423. The minimum absolute atomic E-state index is 0.161. The van der Waals surface area contributed by atoms with Crippen LogP contribution < -0.4 is 14.4 Å². The zero-order chi connectivity index (χ0) is 20.3. The summed E-state index contributed by atoms with van der Waals surface area (Å²) >= 11 is 6.69. The number of esters is 1. The molecule has 28 heavy (non-hydrogen) atoms. The van der Waals surface area contributed by atoms with Crippen molar-refractivity contribution in [2.24, 2.45) is 0 Å². The Balaban J connectivity index is 1.92. The van der Waals surface area contributed by atoms with Crippen molar-refractivity contribution in [1.82, 2.24) is 0 Å². The molecule has 2 aromatic carbocycles. The van der Waals surface area contributed by atoms with Crippen LogP contribution in [0.15, 0.2) is 47.4 Å². The van der Waals surface area contributed by atoms with Gasteiger partial charge in [-0.3, -0.25) is 14.5 Å². The van der Waals surface area contributed by atoms with Gasteiger partial charge < -0.3 is 9.47 Å². The van der Waals surface area contributed by atoms with E-state index in [-0.39, 0.29) is 5.91 Å². The molecule has 0 saturated carbocycles. The first kappa shape index (κ1) is 20.1. The van der Waals surface area contributed by atoms with Crippen LogP contribution in [0.2, 0.25) is 0 Å². The number of ether oxygens (including phenoxy) is 2. The average Bonchev–Trinajstić information content (AvgIpc) is 2.91. The molecule has 0 atom stereocenters. The molecule has 2 aromatic rings. The maximum absolute atomic E-state index is 12.9. The highest BCUT2D eigenvalue weighted by Crippen LogP contribution is 2.38. The summed E-state index contributed by atoms with van der Waals surface area (Å²) in [6.45, 7) is 5.55. The summed E-state index contributed by atoms with van der Waals surface area (Å²) < 4.78 is 11.2. The Morgan fingerprint density at radius 1 is 1.21 bits per heavy atom. The summed E-state index contributed by atoms with van der Waals surface area (Å²) in [5.74, 6) is 0.207. The Bertz CT molecular complexity index is 984. The van der Waals surface area contributed by atoms with Gasteiger partial charge in [0, 0.05) is 6.92 Å². The van der Waals surface area contributed by atoms with E-state index >= 15 is 0 Å². The SMILES string of the molecule is CCOc1cc(C=C2SC(=S)N(c3ccccc3C)C2=O)ccc1OC(C)=O. The van der Waals surface area contributed by atoms with Crippen LogP contribution in [0.25, 0.3) is 6.08 Å². The number of aryl methyl sites for hydroxylation is 1. The molecule has 0 radical (unpaired) electrons. The van der Waals surface area contributed by atoms with Gasteiger partial charge in [-0.2, -0.15) is 0 Å². The van der Waals surface area contributed by atoms with Gasteiger partial charge in [-0.15, -0.1) is 0 Å². The second kappa shape index (κ2) is 8.58. The summed E-state index contributed by atoms with van der Waals surface area (Å²) in [6, 6.07) is 12.8. The second-order valence-electron chi connectivity index (χ2n) is 6.04. The molecule has 1 amide bonds. The monoisotopic (exact) mass is 413 g/mol. The largest absolute Gasteiger partial charge is 0.490 e. The third-order valence-corrected chi connectivity index (χ3v) is 5.27. The lowest BCUT2D eigenvalue weighted by Crippen LogP contribution is -2.28. The Morgan fingerprint density at radius 3 is 2.64 bits per heavy atom. The van der Waals surface area contributed by atoms with Crippen molar-refractivity contribution >= 4 is 51.9 Å². The van der Waals surface area contributed by atoms with E-state index in [1.165, 1.54) is 18.7 Å². The van der Waals surface area contributed by atoms with Crippen molar-refractivity contribution in [3.8, 4) is 11.5 Å². The topological polar surface area (TPSA) is 55.8 Å². The van der Waals surface area contributed by atoms with Crippen LogP contribution in [-0.2, 0) is 9.59 Å². The normalized spacial score (nSPS) is 15.2. The van der Waals surface area contributed by atoms with Crippen LogP contribution in [0.5, 0.6) is 11.5 Å². The molecule has 3 rings (SSSR count). The fourth-order valence-corrected chi connectivity index (χ4v) is 4.05. The molecule has 144 valence electrons. The molecule has 0 unspecified atom stereocenters. The number of para-hydroxylation sites is 1. The quantitative estimate of drug-likeness (QED) is 0.306. The van der Waals surface area contributed by atoms with Crippen LogP contribution >= 0.6 is 24.0 Å². The molecule has 1 aliphatic rings. The van der Waals surface area contributed by atoms with Crippen molar-refractivity contribution in [2.75, 3.05) is 11.5 Å². The number of thiocarbonyl (C=S) groups is 1. The van der Waals surface area contributed by atoms with Crippen molar-refractivity contribution < 1.29 is 19.1 Å². The van der Waals surface area contributed by atoms with Crippen LogP contribution in [0.3, 0.4) is 0 Å². The van der Waals surface area contributed by atoms with E-state index in [2.05, 4.69) is 0 Å². The van der Waals surface area contributed by atoms with Gasteiger partial charge in [0.15, 0.2) is 15.8 Å². The zero-order valence-electron chi connectivity index (χ0n) is 15.7. The van der Waals surface area contributed by atoms with Gasteiger partial charge in [0.05, 0.1) is 17.2 Å². The molecule has 7 heteroatoms. The third-order valence-electron chi connectivity index (χ3n) is 3.97. The Hall–Kier alpha value is -2.64. The van der Waals surface area contributed by atoms with Gasteiger partial charge in [0.1, 0.15) is 0 Å². The molecule has 0 aromatic heterocycles. The van der Waals surface area contributed by atoms with Crippen molar-refractivity contribution in [3.05, 3.63) is 58.5 Å². The summed E-state index contributed by atoms with van der Waals surface area (Å²) in [6.07, 6.45) is 1.76. The predicted octanol–water partition coefficient (Wildman–Crippen LogP) is 4.72. The Morgan fingerprint density at radius 2 is 1.96 bits per heavy atom. The number of nitrogens with zero attached hydrogens (tertiary/aromatic N) is 1. The fourth-order valence-electron chi connectivity index (χ4n) is 2.76. The van der Waals surface area contributed by atoms with Gasteiger partial charge in [-0.05, 0) is 49.2 Å². The minimum Gasteiger partial charge on any atom is -0.490 e. The second-order valence-corrected chi connectivity index (χ2v) is 7.71. The Kier molecular flexibility index (Phi) is 6.16. The van der Waals surface area contributed by atoms with Crippen LogP contribution in [0.1, 0.15) is 25.0 Å². The third kappa shape index (κ3) is 4.26. The first-order valence-electron chi connectivity index (χ1n) is 8.69. The van der Waals surface area contributed by atoms with E-state index in [0.717, 1.165) is 16.8 Å². The number of anilines is 1. The van der Waals surface area contributed by atoms with Crippen LogP contribution in [-0.4, -0.2) is 22.8 Å². The van der Waals surface area contributed by atoms with Gasteiger partial charge in [-0.25, -0.2) is 0 Å². The molecule has 0 spiro atoms. The molecule has 5 nitrogen and oxygen atoms in total. The van der Waals surface area contributed by atoms with Gasteiger partial charge in [0.25, 0.3) is 5.91 Å². The number of carbonyl (C=O) groups excluding carboxylic acids is 2. The standard InChI is InChI=1S/C21H19NO4S2/c1-4-25-18-11-15(9-10-17(18)26-14(3)23)12-19-20(24)22(21(27)28-19)16-8-6-5-7-13(16)2/h5-12H,4H2,1-3H3. The summed E-state index contributed by atoms with van der Waals surface area (Å²) in [5, 5.41) is 0. The van der Waals surface area contributed by atoms with E-state index < -0.39 is 5.97 Å². The number of thioether (sulfide) groups is 1. The molecule has 0 N–H and O–H groups in total. The highest BCUT2D eigenvalue weighted by molar-refractivity contribution is 8.27. The van der Waals surface area contributed by atoms with Crippen molar-refractivity contribution in [3.63, 3.8) is 0 Å². The predicted molar refractivity (Wildman–Crippen MR) is 116 cm³/mol. The maximum atomic E-state index is 12.9. The summed E-state index contributed by atoms with van der Waals surface area (Å²) in [7, 11) is 0. The molecule has 1 heterocycles. The molecule has 0 aliphatic carbocycles. The number of hydrogen-bond acceptors (Lipinski definition) is 6. The lowest BCUT2D eigenvalue weighted by atomic mass is 10.1. The average molecular weight is 414 g/mol. The van der Waals surface area contributed by atoms with Crippen molar-refractivity contribution in [1.29, 1.82) is 0 Å². The first-order chi connectivity index (χ1) is 13.4. The Labute approximate surface area is 173 Å². The van der Waals surface area contributed by atoms with E-state index in [1.54, 1.807) is 29.2 Å². The van der Waals surface area contributed by atoms with Crippen molar-refractivity contribution in [2.45, 2.75) is 20.8 Å². The van der Waals surface area contributed by atoms with E-state index in [1.807, 2.05) is 38.1 Å². The van der Waals surface area contributed by atoms with E-state index in [9.17, 15) is 9.59 Å². The summed E-state index contributed by atoms with van der Waals surface area (Å²) in [5.41, 5.74) is 2.52. The number of rotatable bonds is 5. The molecule has 0 bridgehead atoms. The number of benzene rings is 2. The van der Waals surface area contributed by atoms with Gasteiger partial charge in [-0.1, -0.05) is 48.2 Å². The van der Waals surface area contributed by atoms with E-state index in [0.29, 0.717) is 27.3 Å². The molecular formula is C21H19NO4S2. The highest BCUT2D eigenvalue weighted by atomic mass is 32.2. The fraction of sp³-hybridized carbons (Fsp3) is 0.190. The molecular weight excluding hydrogens is 394 g/mol. The van der Waals surface area contributed by atoms with Crippen LogP contribution in [0.4, 0.5) is 5.69 Å². The number of hydrogen-bond donors (Lipinski definition) is 0. The smallest absolute Gasteiger partial charge is 0.308 e. The lowest BCUT2D eigenvalue weighted by Gasteiger charge is -2.16. The zero-order valence-corrected chi connectivity index (χ0v) is 17.4. The first-order valence-corrected chi connectivity index (χ1v) is 9.92. The molecule has 1 fully saturated rings. The molecule has 1 saturated heterocycles. The number of carbonyl (C=O) groups is 2. The van der Waals surface area contributed by atoms with Gasteiger partial charge in [0.2, 0.25) is 0 Å². The molecule has 1 aliphatic heterocycles. The lowest BCUT2D eigenvalue weighted by molar-refractivity contribution is -0.132. The van der Waals surface area contributed by atoms with Gasteiger partial charge >= 0.3 is 5.97 Å².